The Bertz CT molecular complexity index is 364. The minimum atomic E-state index is -4.71. The van der Waals surface area contributed by atoms with Gasteiger partial charge in [0.15, 0.2) is 5.92 Å². The minimum absolute atomic E-state index is 0.309. The molecule has 0 saturated carbocycles. The first-order valence-corrected chi connectivity index (χ1v) is 5.74. The van der Waals surface area contributed by atoms with Crippen LogP contribution in [0.1, 0.15) is 5.56 Å². The smallest absolute Gasteiger partial charge is 0.403 e. The maximum atomic E-state index is 12.4. The molecule has 0 bridgehead atoms. The van der Waals surface area contributed by atoms with Gasteiger partial charge in [0, 0.05) is 13.1 Å². The molecule has 0 spiro atoms. The summed E-state index contributed by atoms with van der Waals surface area (Å²) in [4.78, 5) is 11.9. The Morgan fingerprint density at radius 1 is 1.59 bits per heavy atom. The average molecular weight is 267 g/mol. The Hall–Kier alpha value is -1.08. The monoisotopic (exact) mass is 267 g/mol. The summed E-state index contributed by atoms with van der Waals surface area (Å²) >= 11 is 1.45. The molecule has 0 aliphatic rings. The molecule has 0 radical (unpaired) electrons. The van der Waals surface area contributed by atoms with E-state index >= 15 is 0 Å². The number of rotatable bonds is 5. The number of thiophene rings is 1. The van der Waals surface area contributed by atoms with Crippen LogP contribution >= 0.6 is 11.3 Å². The highest BCUT2D eigenvalue weighted by molar-refractivity contribution is 7.07. The van der Waals surface area contributed by atoms with Gasteiger partial charge < -0.3 is 10.0 Å². The van der Waals surface area contributed by atoms with Crippen molar-refractivity contribution in [2.24, 2.45) is 5.92 Å². The second-order valence-electron chi connectivity index (χ2n) is 3.76. The van der Waals surface area contributed by atoms with Gasteiger partial charge in [0.2, 0.25) is 0 Å². The fraction of sp³-hybridized carbons (Fsp3) is 0.500. The second kappa shape index (κ2) is 5.50. The summed E-state index contributed by atoms with van der Waals surface area (Å²) in [6.07, 6.45) is -4.71. The zero-order valence-corrected chi connectivity index (χ0v) is 9.88. The predicted octanol–water partition coefficient (Wildman–Crippen LogP) is 2.44. The zero-order valence-electron chi connectivity index (χ0n) is 9.07. The minimum Gasteiger partial charge on any atom is -0.481 e. The Labute approximate surface area is 100 Å². The van der Waals surface area contributed by atoms with Crippen LogP contribution in [0.15, 0.2) is 16.8 Å². The first kappa shape index (κ1) is 14.0. The molecule has 0 fully saturated rings. The van der Waals surface area contributed by atoms with Crippen molar-refractivity contribution in [2.75, 3.05) is 13.6 Å². The summed E-state index contributed by atoms with van der Waals surface area (Å²) in [6.45, 7) is -0.238. The highest BCUT2D eigenvalue weighted by Crippen LogP contribution is 2.27. The van der Waals surface area contributed by atoms with Gasteiger partial charge in [-0.15, -0.1) is 0 Å². The standard InChI is InChI=1S/C10H12F3NO2S/c1-14(4-7-2-3-17-6-7)5-8(9(15)16)10(11,12)13/h2-3,6,8H,4-5H2,1H3,(H,15,16). The van der Waals surface area contributed by atoms with Gasteiger partial charge in [-0.25, -0.2) is 0 Å². The molecule has 1 atom stereocenters. The van der Waals surface area contributed by atoms with Gasteiger partial charge in [-0.3, -0.25) is 4.79 Å². The summed E-state index contributed by atoms with van der Waals surface area (Å²) in [7, 11) is 1.47. The van der Waals surface area contributed by atoms with Gasteiger partial charge in [-0.05, 0) is 29.4 Å². The molecule has 1 heterocycles. The summed E-state index contributed by atoms with van der Waals surface area (Å²) in [6, 6.07) is 1.80. The van der Waals surface area contributed by atoms with E-state index in [1.54, 1.807) is 6.07 Å². The van der Waals surface area contributed by atoms with E-state index < -0.39 is 24.6 Å². The van der Waals surface area contributed by atoms with Gasteiger partial charge in [0.1, 0.15) is 0 Å². The molecule has 1 N–H and O–H groups in total. The molecule has 1 unspecified atom stereocenters. The molecule has 0 aromatic carbocycles. The van der Waals surface area contributed by atoms with Crippen molar-refractivity contribution in [1.29, 1.82) is 0 Å². The van der Waals surface area contributed by atoms with Crippen molar-refractivity contribution < 1.29 is 23.1 Å². The van der Waals surface area contributed by atoms with Crippen LogP contribution in [0.2, 0.25) is 0 Å². The largest absolute Gasteiger partial charge is 0.481 e. The topological polar surface area (TPSA) is 40.5 Å². The van der Waals surface area contributed by atoms with E-state index in [1.165, 1.54) is 23.3 Å². The number of halogens is 3. The van der Waals surface area contributed by atoms with E-state index in [0.29, 0.717) is 6.54 Å². The highest BCUT2D eigenvalue weighted by atomic mass is 32.1. The van der Waals surface area contributed by atoms with Gasteiger partial charge in [-0.2, -0.15) is 24.5 Å². The third-order valence-electron chi connectivity index (χ3n) is 2.22. The number of aliphatic carboxylic acids is 1. The first-order chi connectivity index (χ1) is 7.80. The van der Waals surface area contributed by atoms with Crippen LogP contribution in [0, 0.1) is 5.92 Å². The van der Waals surface area contributed by atoms with E-state index in [9.17, 15) is 18.0 Å². The lowest BCUT2D eigenvalue weighted by molar-refractivity contribution is -0.196. The van der Waals surface area contributed by atoms with Gasteiger partial charge >= 0.3 is 12.1 Å². The van der Waals surface area contributed by atoms with Crippen molar-refractivity contribution in [2.45, 2.75) is 12.7 Å². The van der Waals surface area contributed by atoms with Crippen molar-refractivity contribution in [3.63, 3.8) is 0 Å². The molecule has 96 valence electrons. The third-order valence-corrected chi connectivity index (χ3v) is 2.95. The lowest BCUT2D eigenvalue weighted by atomic mass is 10.1. The highest BCUT2D eigenvalue weighted by Gasteiger charge is 2.45. The van der Waals surface area contributed by atoms with E-state index in [4.69, 9.17) is 5.11 Å². The fourth-order valence-corrected chi connectivity index (χ4v) is 2.05. The van der Waals surface area contributed by atoms with Crippen molar-refractivity contribution >= 4 is 17.3 Å². The van der Waals surface area contributed by atoms with Gasteiger partial charge in [0.25, 0.3) is 0 Å². The molecule has 3 nitrogen and oxygen atoms in total. The quantitative estimate of drug-likeness (QED) is 0.890. The fourth-order valence-electron chi connectivity index (χ4n) is 1.39. The zero-order chi connectivity index (χ0) is 13.1. The molecule has 7 heteroatoms. The molecule has 1 aromatic rings. The van der Waals surface area contributed by atoms with Crippen LogP contribution in [0.5, 0.6) is 0 Å². The van der Waals surface area contributed by atoms with Crippen LogP contribution < -0.4 is 0 Å². The van der Waals surface area contributed by atoms with Crippen molar-refractivity contribution in [3.05, 3.63) is 22.4 Å². The number of nitrogens with zero attached hydrogens (tertiary/aromatic N) is 1. The van der Waals surface area contributed by atoms with Crippen LogP contribution in [-0.2, 0) is 11.3 Å². The predicted molar refractivity (Wildman–Crippen MR) is 57.8 cm³/mol. The number of carboxylic acid groups (broad SMARTS) is 1. The summed E-state index contributed by atoms with van der Waals surface area (Å²) < 4.78 is 37.2. The number of carbonyl (C=O) groups is 1. The van der Waals surface area contributed by atoms with E-state index in [2.05, 4.69) is 0 Å². The Morgan fingerprint density at radius 2 is 2.24 bits per heavy atom. The molecule has 0 aliphatic carbocycles. The maximum Gasteiger partial charge on any atom is 0.403 e. The third kappa shape index (κ3) is 4.35. The van der Waals surface area contributed by atoms with Crippen LogP contribution in [0.4, 0.5) is 13.2 Å². The lowest BCUT2D eigenvalue weighted by Gasteiger charge is -2.22. The van der Waals surface area contributed by atoms with Crippen molar-refractivity contribution in [1.82, 2.24) is 4.90 Å². The number of hydrogen-bond donors (Lipinski definition) is 1. The average Bonchev–Trinajstić information content (AvgIpc) is 2.64. The van der Waals surface area contributed by atoms with Crippen LogP contribution in [0.25, 0.3) is 0 Å². The van der Waals surface area contributed by atoms with Crippen molar-refractivity contribution in [3.8, 4) is 0 Å². The number of carboxylic acids is 1. The molecular weight excluding hydrogens is 255 g/mol. The maximum absolute atomic E-state index is 12.4. The van der Waals surface area contributed by atoms with Crippen LogP contribution in [0.3, 0.4) is 0 Å². The first-order valence-electron chi connectivity index (χ1n) is 4.80. The van der Waals surface area contributed by atoms with Gasteiger partial charge in [0.05, 0.1) is 0 Å². The van der Waals surface area contributed by atoms with Crippen LogP contribution in [-0.4, -0.2) is 35.7 Å². The normalized spacial score (nSPS) is 13.9. The molecule has 1 rings (SSSR count). The van der Waals surface area contributed by atoms with Gasteiger partial charge in [-0.1, -0.05) is 0 Å². The Balaban J connectivity index is 2.59. The van der Waals surface area contributed by atoms with E-state index in [-0.39, 0.29) is 0 Å². The molecular formula is C10H12F3NO2S. The molecule has 1 aromatic heterocycles. The Morgan fingerprint density at radius 3 is 2.65 bits per heavy atom. The van der Waals surface area contributed by atoms with E-state index in [0.717, 1.165) is 5.56 Å². The molecule has 0 saturated heterocycles. The molecule has 0 aliphatic heterocycles. The van der Waals surface area contributed by atoms with E-state index in [1.807, 2.05) is 10.8 Å². The summed E-state index contributed by atoms with van der Waals surface area (Å²) in [5.74, 6) is -4.18. The summed E-state index contributed by atoms with van der Waals surface area (Å²) in [5, 5.41) is 12.2. The lowest BCUT2D eigenvalue weighted by Crippen LogP contribution is -2.39. The SMILES string of the molecule is CN(Cc1ccsc1)CC(C(=O)O)C(F)(F)F. The molecule has 0 amide bonds. The number of alkyl halides is 3. The Kier molecular flexibility index (Phi) is 4.53. The number of hydrogen-bond acceptors (Lipinski definition) is 3. The second-order valence-corrected chi connectivity index (χ2v) is 4.54. The summed E-state index contributed by atoms with van der Waals surface area (Å²) in [5.41, 5.74) is 0.879. The molecule has 17 heavy (non-hydrogen) atoms.